The maximum Gasteiger partial charge on any atom is 0.264 e. The predicted molar refractivity (Wildman–Crippen MR) is 232 cm³/mol. The summed E-state index contributed by atoms with van der Waals surface area (Å²) >= 11 is 6.80. The minimum Gasteiger partial charge on any atom is -0.508 e. The van der Waals surface area contributed by atoms with Gasteiger partial charge in [-0.25, -0.2) is 0 Å². The number of rotatable bonds is 7. The Bertz CT molecular complexity index is 2460. The molecule has 11 nitrogen and oxygen atoms in total. The summed E-state index contributed by atoms with van der Waals surface area (Å²) in [5.41, 5.74) is 9.50. The van der Waals surface area contributed by atoms with Crippen LogP contribution in [0, 0.1) is 0 Å². The molecule has 1 atom stereocenters. The van der Waals surface area contributed by atoms with E-state index in [0.717, 1.165) is 85.0 Å². The van der Waals surface area contributed by atoms with Crippen LogP contribution in [-0.2, 0) is 37.1 Å². The average Bonchev–Trinajstić information content (AvgIpc) is 3.67. The molecule has 310 valence electrons. The number of carbonyl (C=O) groups excluding carboxylic acids is 2. The molecule has 0 aliphatic carbocycles. The molecule has 1 aromatic heterocycles. The molecule has 60 heavy (non-hydrogen) atoms. The maximum absolute atomic E-state index is 15.4. The van der Waals surface area contributed by atoms with Crippen LogP contribution in [0.4, 0.5) is 17.1 Å². The minimum atomic E-state index is -0.165. The Morgan fingerprint density at radius 2 is 1.58 bits per heavy atom. The first-order valence-corrected chi connectivity index (χ1v) is 21.7. The summed E-state index contributed by atoms with van der Waals surface area (Å²) in [6.07, 6.45) is 5.22. The molecule has 0 spiro atoms. The van der Waals surface area contributed by atoms with Crippen LogP contribution in [0.3, 0.4) is 0 Å². The molecule has 0 bridgehead atoms. The van der Waals surface area contributed by atoms with Gasteiger partial charge in [0.1, 0.15) is 19.0 Å². The number of halogens is 1. The van der Waals surface area contributed by atoms with Crippen LogP contribution in [-0.4, -0.2) is 97.0 Å². The van der Waals surface area contributed by atoms with Crippen molar-refractivity contribution < 1.29 is 28.9 Å². The lowest BCUT2D eigenvalue weighted by molar-refractivity contribution is 0.0193. The number of phenols is 1. The summed E-state index contributed by atoms with van der Waals surface area (Å²) in [6.45, 7) is 6.55. The van der Waals surface area contributed by atoms with Crippen LogP contribution in [0.5, 0.6) is 17.2 Å². The van der Waals surface area contributed by atoms with Crippen molar-refractivity contribution in [3.8, 4) is 28.5 Å². The molecular formula is C48H50ClN5O6. The lowest BCUT2D eigenvalue weighted by Crippen LogP contribution is -2.52. The average molecular weight is 828 g/mol. The number of aryl methyl sites for hydroxylation is 1. The molecule has 2 amide bonds. The van der Waals surface area contributed by atoms with Crippen molar-refractivity contribution in [2.45, 2.75) is 57.7 Å². The number of fused-ring (bicyclic) bond motifs is 4. The third-order valence-electron chi connectivity index (χ3n) is 12.9. The number of nitrogens with zero attached hydrogens (tertiary/aromatic N) is 5. The summed E-state index contributed by atoms with van der Waals surface area (Å²) in [5.74, 6) is 0.983. The Labute approximate surface area is 355 Å². The number of ether oxygens (including phenoxy) is 3. The van der Waals surface area contributed by atoms with Gasteiger partial charge in [0.25, 0.3) is 11.8 Å². The normalized spacial score (nSPS) is 18.7. The second-order valence-electron chi connectivity index (χ2n) is 16.6. The molecular weight excluding hydrogens is 778 g/mol. The van der Waals surface area contributed by atoms with Crippen LogP contribution in [0.1, 0.15) is 62.4 Å². The van der Waals surface area contributed by atoms with E-state index in [1.54, 1.807) is 29.2 Å². The number of benzene rings is 4. The van der Waals surface area contributed by atoms with Gasteiger partial charge in [-0.15, -0.1) is 0 Å². The zero-order chi connectivity index (χ0) is 40.9. The molecule has 5 aromatic rings. The van der Waals surface area contributed by atoms with Crippen LogP contribution in [0.15, 0.2) is 78.9 Å². The number of morpholine rings is 1. The predicted octanol–water partition coefficient (Wildman–Crippen LogP) is 7.88. The summed E-state index contributed by atoms with van der Waals surface area (Å²) in [4.78, 5) is 39.2. The highest BCUT2D eigenvalue weighted by molar-refractivity contribution is 6.31. The van der Waals surface area contributed by atoms with E-state index in [0.29, 0.717) is 86.4 Å². The molecule has 0 radical (unpaired) electrons. The SMILES string of the molecule is CN1CCCc2cc(N(C(=O)c3cc(-c4cc5c(cc4C(=O)N4Cc6cccc(Cl)c6C[C@H]4CN4CCOCC4)OCCO5)n4c3CCCC4)c3ccc(O)cc3)ccc21. The molecule has 6 heterocycles. The Hall–Kier alpha value is -5.49. The van der Waals surface area contributed by atoms with Crippen molar-refractivity contribution >= 4 is 40.5 Å². The summed E-state index contributed by atoms with van der Waals surface area (Å²) < 4.78 is 20.2. The summed E-state index contributed by atoms with van der Waals surface area (Å²) in [5, 5.41) is 11.0. The second-order valence-corrected chi connectivity index (χ2v) is 17.0. The largest absolute Gasteiger partial charge is 0.508 e. The molecule has 1 N–H and O–H groups in total. The molecule has 1 saturated heterocycles. The van der Waals surface area contributed by atoms with Crippen molar-refractivity contribution in [3.05, 3.63) is 117 Å². The van der Waals surface area contributed by atoms with E-state index in [1.807, 2.05) is 41.3 Å². The molecule has 4 aromatic carbocycles. The smallest absolute Gasteiger partial charge is 0.264 e. The zero-order valence-electron chi connectivity index (χ0n) is 34.0. The van der Waals surface area contributed by atoms with E-state index in [2.05, 4.69) is 39.6 Å². The van der Waals surface area contributed by atoms with Crippen molar-refractivity contribution in [2.24, 2.45) is 0 Å². The number of aromatic nitrogens is 1. The van der Waals surface area contributed by atoms with Gasteiger partial charge >= 0.3 is 0 Å². The number of amides is 2. The Morgan fingerprint density at radius 1 is 0.800 bits per heavy atom. The standard InChI is InChI=1S/C48H50ClN5O6/c1-50-16-5-7-31-24-34(12-15-42(31)50)54(33-10-13-36(55)14-11-33)48(57)40-26-44(52-17-3-2-9-43(40)52)38-27-45-46(60-23-22-59-45)28-39(38)47(56)53-29-32-6-4-8-41(49)37(32)25-35(53)30-51-18-20-58-21-19-51/h4,6,8,10-15,24,26-28,35,55H,2-3,5,7,9,16-23,25,29-30H2,1H3/t35-/m0/s1. The first-order chi connectivity index (χ1) is 29.3. The van der Waals surface area contributed by atoms with Crippen molar-refractivity contribution in [1.29, 1.82) is 0 Å². The number of carbonyl (C=O) groups is 2. The fourth-order valence-electron chi connectivity index (χ4n) is 9.85. The topological polar surface area (TPSA) is 100.0 Å². The van der Waals surface area contributed by atoms with Gasteiger partial charge in [0, 0.05) is 91.4 Å². The summed E-state index contributed by atoms with van der Waals surface area (Å²) in [7, 11) is 2.11. The first-order valence-electron chi connectivity index (χ1n) is 21.3. The van der Waals surface area contributed by atoms with Gasteiger partial charge in [-0.3, -0.25) is 19.4 Å². The fraction of sp³-hybridized carbons (Fsp3) is 0.375. The number of anilines is 3. The minimum absolute atomic E-state index is 0.102. The maximum atomic E-state index is 15.4. The quantitative estimate of drug-likeness (QED) is 0.177. The van der Waals surface area contributed by atoms with Gasteiger partial charge in [0.05, 0.1) is 24.3 Å². The van der Waals surface area contributed by atoms with Gasteiger partial charge in [0.15, 0.2) is 11.5 Å². The highest BCUT2D eigenvalue weighted by atomic mass is 35.5. The molecule has 5 aliphatic heterocycles. The van der Waals surface area contributed by atoms with E-state index in [-0.39, 0.29) is 23.6 Å². The molecule has 0 saturated carbocycles. The number of hydrogen-bond donors (Lipinski definition) is 1. The number of hydrogen-bond acceptors (Lipinski definition) is 8. The van der Waals surface area contributed by atoms with E-state index in [4.69, 9.17) is 25.8 Å². The Balaban J connectivity index is 1.09. The van der Waals surface area contributed by atoms with Crippen LogP contribution >= 0.6 is 11.6 Å². The van der Waals surface area contributed by atoms with Crippen LogP contribution < -0.4 is 19.3 Å². The monoisotopic (exact) mass is 827 g/mol. The van der Waals surface area contributed by atoms with Gasteiger partial charge in [0.2, 0.25) is 0 Å². The van der Waals surface area contributed by atoms with Gasteiger partial charge < -0.3 is 33.7 Å². The van der Waals surface area contributed by atoms with Crippen molar-refractivity contribution in [1.82, 2.24) is 14.4 Å². The lowest BCUT2D eigenvalue weighted by atomic mass is 9.91. The third-order valence-corrected chi connectivity index (χ3v) is 13.3. The molecule has 10 rings (SSSR count). The number of aromatic hydroxyl groups is 1. The molecule has 5 aliphatic rings. The third kappa shape index (κ3) is 7.16. The first kappa shape index (κ1) is 38.7. The lowest BCUT2D eigenvalue weighted by Gasteiger charge is -2.41. The van der Waals surface area contributed by atoms with Crippen LogP contribution in [0.2, 0.25) is 5.02 Å². The van der Waals surface area contributed by atoms with Crippen LogP contribution in [0.25, 0.3) is 11.3 Å². The number of phenolic OH excluding ortho intramolecular Hbond substituents is 1. The molecule has 12 heteroatoms. The Kier molecular flexibility index (Phi) is 10.4. The van der Waals surface area contributed by atoms with E-state index < -0.39 is 0 Å². The van der Waals surface area contributed by atoms with Gasteiger partial charge in [-0.2, -0.15) is 0 Å². The van der Waals surface area contributed by atoms with Crippen molar-refractivity contribution in [2.75, 3.05) is 69.5 Å². The molecule has 0 unspecified atom stereocenters. The molecule has 1 fully saturated rings. The Morgan fingerprint density at radius 3 is 2.40 bits per heavy atom. The van der Waals surface area contributed by atoms with E-state index >= 15 is 9.59 Å². The van der Waals surface area contributed by atoms with Gasteiger partial charge in [-0.1, -0.05) is 23.7 Å². The summed E-state index contributed by atoms with van der Waals surface area (Å²) in [6, 6.07) is 24.7. The van der Waals surface area contributed by atoms with E-state index in [9.17, 15) is 5.11 Å². The van der Waals surface area contributed by atoms with Gasteiger partial charge in [-0.05, 0) is 122 Å². The van der Waals surface area contributed by atoms with E-state index in [1.165, 1.54) is 11.3 Å². The highest BCUT2D eigenvalue weighted by Gasteiger charge is 2.37. The highest BCUT2D eigenvalue weighted by Crippen LogP contribution is 2.43. The van der Waals surface area contributed by atoms with Crippen molar-refractivity contribution in [3.63, 3.8) is 0 Å². The zero-order valence-corrected chi connectivity index (χ0v) is 34.8. The second kappa shape index (κ2) is 16.2. The fourth-order valence-corrected chi connectivity index (χ4v) is 10.1.